The number of piperazine rings is 1. The van der Waals surface area contributed by atoms with Gasteiger partial charge in [-0.05, 0) is 25.6 Å². The third kappa shape index (κ3) is 6.19. The molecule has 1 fully saturated rings. The van der Waals surface area contributed by atoms with Crippen molar-refractivity contribution >= 4 is 25.9 Å². The fraction of sp³-hybridized carbons (Fsp3) is 0.643. The van der Waals surface area contributed by atoms with Gasteiger partial charge in [-0.25, -0.2) is 26.5 Å². The monoisotopic (exact) mass is 391 g/mol. The molecule has 25 heavy (non-hydrogen) atoms. The lowest BCUT2D eigenvalue weighted by atomic mass is 10.4. The maximum absolute atomic E-state index is 12.6. The van der Waals surface area contributed by atoms with Crippen molar-refractivity contribution in [2.75, 3.05) is 57.9 Å². The van der Waals surface area contributed by atoms with Crippen LogP contribution in [-0.2, 0) is 20.0 Å². The molecule has 2 heterocycles. The van der Waals surface area contributed by atoms with Crippen LogP contribution in [0, 0.1) is 0 Å². The molecule has 1 saturated heterocycles. The Morgan fingerprint density at radius 3 is 2.32 bits per heavy atom. The Kier molecular flexibility index (Phi) is 6.74. The van der Waals surface area contributed by atoms with E-state index < -0.39 is 20.0 Å². The van der Waals surface area contributed by atoms with Gasteiger partial charge in [0.05, 0.1) is 6.26 Å². The van der Waals surface area contributed by atoms with Gasteiger partial charge in [-0.15, -0.1) is 0 Å². The normalized spacial score (nSPS) is 17.5. The predicted octanol–water partition coefficient (Wildman–Crippen LogP) is -0.631. The lowest BCUT2D eigenvalue weighted by Crippen LogP contribution is -2.47. The molecule has 0 amide bonds. The lowest BCUT2D eigenvalue weighted by molar-refractivity contribution is 0.222. The van der Waals surface area contributed by atoms with Gasteiger partial charge in [-0.2, -0.15) is 4.31 Å². The van der Waals surface area contributed by atoms with Crippen LogP contribution in [0.5, 0.6) is 0 Å². The minimum atomic E-state index is -3.51. The van der Waals surface area contributed by atoms with Crippen molar-refractivity contribution in [3.05, 3.63) is 18.3 Å². The molecule has 142 valence electrons. The molecule has 0 atom stereocenters. The molecule has 1 aromatic rings. The summed E-state index contributed by atoms with van der Waals surface area (Å²) in [7, 11) is -4.71. The van der Waals surface area contributed by atoms with Crippen LogP contribution in [0.15, 0.2) is 23.2 Å². The predicted molar refractivity (Wildman–Crippen MR) is 96.4 cm³/mol. The van der Waals surface area contributed by atoms with Crippen LogP contribution in [0.2, 0.25) is 0 Å². The van der Waals surface area contributed by atoms with E-state index in [2.05, 4.69) is 19.9 Å². The number of aromatic nitrogens is 1. The summed E-state index contributed by atoms with van der Waals surface area (Å²) in [6, 6.07) is 3.16. The number of rotatable bonds is 8. The molecule has 0 bridgehead atoms. The Morgan fingerprint density at radius 1 is 1.08 bits per heavy atom. The van der Waals surface area contributed by atoms with Crippen molar-refractivity contribution in [2.24, 2.45) is 0 Å². The van der Waals surface area contributed by atoms with Crippen LogP contribution in [0.4, 0.5) is 5.82 Å². The van der Waals surface area contributed by atoms with E-state index in [9.17, 15) is 16.8 Å². The van der Waals surface area contributed by atoms with Crippen molar-refractivity contribution in [1.29, 1.82) is 0 Å². The van der Waals surface area contributed by atoms with Gasteiger partial charge in [0.2, 0.25) is 20.0 Å². The zero-order valence-electron chi connectivity index (χ0n) is 14.5. The van der Waals surface area contributed by atoms with E-state index in [-0.39, 0.29) is 4.90 Å². The number of anilines is 1. The summed E-state index contributed by atoms with van der Waals surface area (Å²) >= 11 is 0. The second kappa shape index (κ2) is 8.41. The number of nitrogens with zero attached hydrogens (tertiary/aromatic N) is 3. The number of hydrogen-bond donors (Lipinski definition) is 2. The molecule has 2 rings (SSSR count). The molecule has 1 aliphatic rings. The summed E-state index contributed by atoms with van der Waals surface area (Å²) in [5.74, 6) is 0.552. The number of nitrogens with one attached hydrogen (secondary N) is 2. The largest absolute Gasteiger partial charge is 0.370 e. The molecule has 0 radical (unpaired) electrons. The molecule has 9 nitrogen and oxygen atoms in total. The molecule has 2 N–H and O–H groups in total. The summed E-state index contributed by atoms with van der Waals surface area (Å²) in [5.41, 5.74) is 0. The summed E-state index contributed by atoms with van der Waals surface area (Å²) < 4.78 is 50.9. The smallest absolute Gasteiger partial charge is 0.244 e. The first kappa shape index (κ1) is 20.0. The molecular formula is C14H25N5O4S2. The third-order valence-electron chi connectivity index (χ3n) is 3.86. The topological polar surface area (TPSA) is 112 Å². The Hall–Kier alpha value is -1.27. The van der Waals surface area contributed by atoms with Crippen molar-refractivity contribution < 1.29 is 16.8 Å². The Bertz CT molecular complexity index is 757. The Labute approximate surface area is 149 Å². The maximum Gasteiger partial charge on any atom is 0.244 e. The number of likely N-dealkylation sites (N-methyl/N-ethyl adjacent to an activating group) is 1. The second-order valence-corrected chi connectivity index (χ2v) is 9.80. The number of pyridine rings is 1. The lowest BCUT2D eigenvalue weighted by Gasteiger charge is -2.31. The van der Waals surface area contributed by atoms with E-state index in [1.165, 1.54) is 16.6 Å². The van der Waals surface area contributed by atoms with Crippen molar-refractivity contribution in [3.63, 3.8) is 0 Å². The van der Waals surface area contributed by atoms with Crippen LogP contribution in [0.1, 0.15) is 6.42 Å². The fourth-order valence-corrected chi connectivity index (χ4v) is 4.26. The van der Waals surface area contributed by atoms with Crippen LogP contribution < -0.4 is 10.0 Å². The summed E-state index contributed by atoms with van der Waals surface area (Å²) in [5, 5.41) is 3.03. The van der Waals surface area contributed by atoms with Crippen LogP contribution in [0.25, 0.3) is 0 Å². The molecule has 0 aromatic carbocycles. The van der Waals surface area contributed by atoms with Crippen LogP contribution in [-0.4, -0.2) is 83.6 Å². The highest BCUT2D eigenvalue weighted by Gasteiger charge is 2.27. The number of sulfonamides is 2. The van der Waals surface area contributed by atoms with Gasteiger partial charge in [0.15, 0.2) is 0 Å². The minimum Gasteiger partial charge on any atom is -0.370 e. The molecule has 0 aliphatic carbocycles. The van der Waals surface area contributed by atoms with Crippen molar-refractivity contribution in [2.45, 2.75) is 11.3 Å². The van der Waals surface area contributed by atoms with E-state index in [4.69, 9.17) is 0 Å². The fourth-order valence-electron chi connectivity index (χ4n) is 2.38. The zero-order chi connectivity index (χ0) is 18.5. The van der Waals surface area contributed by atoms with Crippen molar-refractivity contribution in [3.8, 4) is 0 Å². The highest BCUT2D eigenvalue weighted by molar-refractivity contribution is 7.89. The van der Waals surface area contributed by atoms with Gasteiger partial charge in [-0.1, -0.05) is 0 Å². The number of hydrogen-bond acceptors (Lipinski definition) is 7. The third-order valence-corrected chi connectivity index (χ3v) is 6.47. The Morgan fingerprint density at radius 2 is 1.76 bits per heavy atom. The van der Waals surface area contributed by atoms with E-state index in [1.54, 1.807) is 6.07 Å². The van der Waals surface area contributed by atoms with Gasteiger partial charge < -0.3 is 10.2 Å². The first-order chi connectivity index (χ1) is 11.7. The summed E-state index contributed by atoms with van der Waals surface area (Å²) in [4.78, 5) is 6.41. The van der Waals surface area contributed by atoms with Crippen molar-refractivity contribution in [1.82, 2.24) is 18.9 Å². The first-order valence-corrected chi connectivity index (χ1v) is 11.3. The molecule has 0 spiro atoms. The highest BCUT2D eigenvalue weighted by Crippen LogP contribution is 2.17. The SMILES string of the molecule is CN1CCN(S(=O)(=O)c2ccc(NCCCNS(C)(=O)=O)nc2)CC1. The van der Waals surface area contributed by atoms with Gasteiger partial charge >= 0.3 is 0 Å². The molecule has 0 unspecified atom stereocenters. The second-order valence-electron chi connectivity index (χ2n) is 6.03. The minimum absolute atomic E-state index is 0.182. The summed E-state index contributed by atoms with van der Waals surface area (Å²) in [6.07, 6.45) is 3.06. The van der Waals surface area contributed by atoms with Gasteiger partial charge in [0, 0.05) is 45.5 Å². The zero-order valence-corrected chi connectivity index (χ0v) is 16.1. The van der Waals surface area contributed by atoms with Gasteiger partial charge in [-0.3, -0.25) is 0 Å². The van der Waals surface area contributed by atoms with E-state index >= 15 is 0 Å². The van der Waals surface area contributed by atoms with E-state index in [0.717, 1.165) is 6.26 Å². The van der Waals surface area contributed by atoms with E-state index in [0.29, 0.717) is 51.5 Å². The molecule has 11 heteroatoms. The molecule has 1 aromatic heterocycles. The maximum atomic E-state index is 12.6. The average molecular weight is 392 g/mol. The highest BCUT2D eigenvalue weighted by atomic mass is 32.2. The van der Waals surface area contributed by atoms with E-state index in [1.807, 2.05) is 7.05 Å². The molecule has 0 saturated carbocycles. The molecular weight excluding hydrogens is 366 g/mol. The Balaban J connectivity index is 1.86. The molecule has 1 aliphatic heterocycles. The standard InChI is InChI=1S/C14H25N5O4S2/c1-18-8-10-19(11-9-18)25(22,23)13-4-5-14(16-12-13)15-6-3-7-17-24(2,20)21/h4-5,12,17H,3,6-11H2,1-2H3,(H,15,16). The van der Waals surface area contributed by atoms with Crippen LogP contribution >= 0.6 is 0 Å². The van der Waals surface area contributed by atoms with Crippen LogP contribution in [0.3, 0.4) is 0 Å². The van der Waals surface area contributed by atoms with Gasteiger partial charge in [0.1, 0.15) is 10.7 Å². The first-order valence-electron chi connectivity index (χ1n) is 8.02. The van der Waals surface area contributed by atoms with Gasteiger partial charge in [0.25, 0.3) is 0 Å². The summed E-state index contributed by atoms with van der Waals surface area (Å²) in [6.45, 7) is 3.25. The average Bonchev–Trinajstić information content (AvgIpc) is 2.54. The quantitative estimate of drug-likeness (QED) is 0.568.